The van der Waals surface area contributed by atoms with Gasteiger partial charge in [-0.3, -0.25) is 4.99 Å². The highest BCUT2D eigenvalue weighted by Crippen LogP contribution is 2.28. The fraction of sp³-hybridized carbons (Fsp3) is 0.261. The monoisotopic (exact) mass is 360 g/mol. The molecule has 0 amide bonds. The third-order valence-electron chi connectivity index (χ3n) is 4.80. The first-order chi connectivity index (χ1) is 13.3. The lowest BCUT2D eigenvalue weighted by molar-refractivity contribution is 0.122. The summed E-state index contributed by atoms with van der Waals surface area (Å²) < 4.78 is 11.2. The van der Waals surface area contributed by atoms with Crippen molar-refractivity contribution < 1.29 is 9.47 Å². The van der Waals surface area contributed by atoms with E-state index in [1.807, 2.05) is 31.3 Å². The Bertz CT molecular complexity index is 929. The Kier molecular flexibility index (Phi) is 5.35. The van der Waals surface area contributed by atoms with Gasteiger partial charge >= 0.3 is 0 Å². The molecule has 0 aromatic heterocycles. The van der Waals surface area contributed by atoms with Crippen LogP contribution in [0.2, 0.25) is 0 Å². The highest BCUT2D eigenvalue weighted by molar-refractivity contribution is 6.02. The molecular weight excluding hydrogens is 336 g/mol. The first kappa shape index (κ1) is 17.6. The zero-order chi connectivity index (χ0) is 18.5. The normalized spacial score (nSPS) is 14.8. The smallest absolute Gasteiger partial charge is 0.127 e. The van der Waals surface area contributed by atoms with Gasteiger partial charge in [0.15, 0.2) is 0 Å². The Labute approximate surface area is 160 Å². The SMILES string of the molecule is CCOc1ccc(C=Nc2ccc(N3CCOCC3)cc2)c2ccccc12. The van der Waals surface area contributed by atoms with Gasteiger partial charge in [-0.25, -0.2) is 0 Å². The summed E-state index contributed by atoms with van der Waals surface area (Å²) >= 11 is 0. The highest BCUT2D eigenvalue weighted by Gasteiger charge is 2.10. The van der Waals surface area contributed by atoms with Crippen LogP contribution in [0, 0.1) is 0 Å². The van der Waals surface area contributed by atoms with Crippen LogP contribution >= 0.6 is 0 Å². The van der Waals surface area contributed by atoms with E-state index in [9.17, 15) is 0 Å². The number of aliphatic imine (C=N–C) groups is 1. The van der Waals surface area contributed by atoms with Crippen LogP contribution in [0.3, 0.4) is 0 Å². The molecule has 27 heavy (non-hydrogen) atoms. The van der Waals surface area contributed by atoms with Crippen molar-refractivity contribution in [3.63, 3.8) is 0 Å². The summed E-state index contributed by atoms with van der Waals surface area (Å²) in [5.74, 6) is 0.917. The average molecular weight is 360 g/mol. The minimum atomic E-state index is 0.660. The van der Waals surface area contributed by atoms with Gasteiger partial charge in [0.1, 0.15) is 5.75 Å². The van der Waals surface area contributed by atoms with E-state index in [4.69, 9.17) is 9.47 Å². The summed E-state index contributed by atoms with van der Waals surface area (Å²) in [6, 6.07) is 20.8. The lowest BCUT2D eigenvalue weighted by Gasteiger charge is -2.28. The molecular formula is C23H24N2O2. The molecule has 4 rings (SSSR count). The fourth-order valence-electron chi connectivity index (χ4n) is 3.40. The molecule has 0 bridgehead atoms. The van der Waals surface area contributed by atoms with Crippen molar-refractivity contribution in [3.8, 4) is 5.75 Å². The standard InChI is InChI=1S/C23H24N2O2/c1-2-27-23-12-7-18(21-5-3-4-6-22(21)23)17-24-19-8-10-20(11-9-19)25-13-15-26-16-14-25/h3-12,17H,2,13-16H2,1H3. The van der Waals surface area contributed by atoms with Gasteiger partial charge in [0.05, 0.1) is 25.5 Å². The molecule has 0 unspecified atom stereocenters. The van der Waals surface area contributed by atoms with Crippen molar-refractivity contribution in [2.24, 2.45) is 4.99 Å². The number of morpholine rings is 1. The molecule has 1 heterocycles. The number of anilines is 1. The molecule has 1 saturated heterocycles. The molecule has 1 aliphatic rings. The lowest BCUT2D eigenvalue weighted by atomic mass is 10.0. The van der Waals surface area contributed by atoms with E-state index < -0.39 is 0 Å². The van der Waals surface area contributed by atoms with E-state index >= 15 is 0 Å². The molecule has 3 aromatic carbocycles. The predicted octanol–water partition coefficient (Wildman–Crippen LogP) is 4.83. The molecule has 0 atom stereocenters. The maximum absolute atomic E-state index is 5.75. The Balaban J connectivity index is 1.57. The van der Waals surface area contributed by atoms with E-state index in [0.29, 0.717) is 6.61 Å². The third kappa shape index (κ3) is 3.96. The van der Waals surface area contributed by atoms with Gasteiger partial charge in [-0.1, -0.05) is 24.3 Å². The molecule has 4 heteroatoms. The Morgan fingerprint density at radius 1 is 0.963 bits per heavy atom. The van der Waals surface area contributed by atoms with E-state index in [2.05, 4.69) is 52.4 Å². The summed E-state index contributed by atoms with van der Waals surface area (Å²) in [6.07, 6.45) is 1.93. The second kappa shape index (κ2) is 8.23. The van der Waals surface area contributed by atoms with Crippen molar-refractivity contribution in [2.75, 3.05) is 37.8 Å². The maximum Gasteiger partial charge on any atom is 0.127 e. The molecule has 0 N–H and O–H groups in total. The van der Waals surface area contributed by atoms with Gasteiger partial charge in [-0.2, -0.15) is 0 Å². The zero-order valence-electron chi connectivity index (χ0n) is 15.6. The van der Waals surface area contributed by atoms with Crippen molar-refractivity contribution >= 4 is 28.4 Å². The topological polar surface area (TPSA) is 34.1 Å². The van der Waals surface area contributed by atoms with E-state index in [-0.39, 0.29) is 0 Å². The zero-order valence-corrected chi connectivity index (χ0v) is 15.6. The second-order valence-electron chi connectivity index (χ2n) is 6.51. The number of hydrogen-bond acceptors (Lipinski definition) is 4. The molecule has 1 aliphatic heterocycles. The fourth-order valence-corrected chi connectivity index (χ4v) is 3.40. The van der Waals surface area contributed by atoms with Crippen molar-refractivity contribution in [3.05, 3.63) is 66.2 Å². The van der Waals surface area contributed by atoms with Gasteiger partial charge in [0.2, 0.25) is 0 Å². The molecule has 3 aromatic rings. The van der Waals surface area contributed by atoms with Crippen LogP contribution in [-0.4, -0.2) is 39.1 Å². The number of fused-ring (bicyclic) bond motifs is 1. The number of ether oxygens (including phenoxy) is 2. The van der Waals surface area contributed by atoms with Crippen molar-refractivity contribution in [2.45, 2.75) is 6.92 Å². The minimum Gasteiger partial charge on any atom is -0.493 e. The number of nitrogens with zero attached hydrogens (tertiary/aromatic N) is 2. The van der Waals surface area contributed by atoms with Crippen LogP contribution in [0.5, 0.6) is 5.75 Å². The number of benzene rings is 3. The molecule has 138 valence electrons. The second-order valence-corrected chi connectivity index (χ2v) is 6.51. The average Bonchev–Trinajstić information content (AvgIpc) is 2.74. The quantitative estimate of drug-likeness (QED) is 0.612. The van der Waals surface area contributed by atoms with Gasteiger partial charge in [-0.05, 0) is 48.7 Å². The van der Waals surface area contributed by atoms with Gasteiger partial charge < -0.3 is 14.4 Å². The summed E-state index contributed by atoms with van der Waals surface area (Å²) in [6.45, 7) is 6.15. The Morgan fingerprint density at radius 2 is 1.70 bits per heavy atom. The van der Waals surface area contributed by atoms with Crippen LogP contribution in [-0.2, 0) is 4.74 Å². The minimum absolute atomic E-state index is 0.660. The first-order valence-electron chi connectivity index (χ1n) is 9.46. The van der Waals surface area contributed by atoms with Crippen LogP contribution in [0.1, 0.15) is 12.5 Å². The Morgan fingerprint density at radius 3 is 2.44 bits per heavy atom. The number of rotatable bonds is 5. The van der Waals surface area contributed by atoms with Crippen molar-refractivity contribution in [1.29, 1.82) is 0 Å². The number of hydrogen-bond donors (Lipinski definition) is 0. The van der Waals surface area contributed by atoms with Crippen molar-refractivity contribution in [1.82, 2.24) is 0 Å². The van der Waals surface area contributed by atoms with Crippen LogP contribution in [0.25, 0.3) is 10.8 Å². The molecule has 0 spiro atoms. The van der Waals surface area contributed by atoms with E-state index in [1.54, 1.807) is 0 Å². The largest absolute Gasteiger partial charge is 0.493 e. The van der Waals surface area contributed by atoms with Gasteiger partial charge in [-0.15, -0.1) is 0 Å². The molecule has 0 saturated carbocycles. The van der Waals surface area contributed by atoms with E-state index in [1.165, 1.54) is 5.69 Å². The summed E-state index contributed by atoms with van der Waals surface area (Å²) in [5, 5.41) is 2.27. The van der Waals surface area contributed by atoms with Gasteiger partial charge in [0, 0.05) is 35.9 Å². The van der Waals surface area contributed by atoms with Crippen LogP contribution in [0.4, 0.5) is 11.4 Å². The van der Waals surface area contributed by atoms with Crippen LogP contribution < -0.4 is 9.64 Å². The molecule has 4 nitrogen and oxygen atoms in total. The summed E-state index contributed by atoms with van der Waals surface area (Å²) in [4.78, 5) is 7.02. The predicted molar refractivity (Wildman–Crippen MR) is 112 cm³/mol. The van der Waals surface area contributed by atoms with E-state index in [0.717, 1.165) is 54.1 Å². The lowest BCUT2D eigenvalue weighted by Crippen LogP contribution is -2.36. The van der Waals surface area contributed by atoms with Crippen LogP contribution in [0.15, 0.2) is 65.7 Å². The Hall–Kier alpha value is -2.85. The summed E-state index contributed by atoms with van der Waals surface area (Å²) in [5.41, 5.74) is 3.26. The molecule has 0 radical (unpaired) electrons. The molecule has 1 fully saturated rings. The molecule has 0 aliphatic carbocycles. The van der Waals surface area contributed by atoms with Gasteiger partial charge in [0.25, 0.3) is 0 Å². The highest BCUT2D eigenvalue weighted by atomic mass is 16.5. The first-order valence-corrected chi connectivity index (χ1v) is 9.46. The maximum atomic E-state index is 5.75. The third-order valence-corrected chi connectivity index (χ3v) is 4.80. The summed E-state index contributed by atoms with van der Waals surface area (Å²) in [7, 11) is 0.